The molecule has 0 radical (unpaired) electrons. The van der Waals surface area contributed by atoms with Gasteiger partial charge in [-0.3, -0.25) is 14.4 Å². The summed E-state index contributed by atoms with van der Waals surface area (Å²) >= 11 is 0. The third kappa shape index (κ3) is 5.57. The van der Waals surface area contributed by atoms with Crippen molar-refractivity contribution >= 4 is 11.8 Å². The molecule has 0 aromatic heterocycles. The summed E-state index contributed by atoms with van der Waals surface area (Å²) in [5, 5.41) is 0. The summed E-state index contributed by atoms with van der Waals surface area (Å²) in [5.41, 5.74) is 4.73. The molecule has 2 amide bonds. The molecule has 0 saturated carbocycles. The number of benzene rings is 2. The second-order valence-corrected chi connectivity index (χ2v) is 7.51. The van der Waals surface area contributed by atoms with Crippen molar-refractivity contribution in [2.24, 2.45) is 0 Å². The summed E-state index contributed by atoms with van der Waals surface area (Å²) in [4.78, 5) is 32.6. The molecular weight excluding hydrogens is 412 g/mol. The normalized spacial score (nSPS) is 15.1. The minimum absolute atomic E-state index is 0.228. The van der Waals surface area contributed by atoms with Gasteiger partial charge in [0.1, 0.15) is 6.04 Å². The van der Waals surface area contributed by atoms with Crippen LogP contribution in [-0.2, 0) is 27.4 Å². The van der Waals surface area contributed by atoms with Gasteiger partial charge in [-0.2, -0.15) is 0 Å². The van der Waals surface area contributed by atoms with Crippen molar-refractivity contribution in [1.29, 1.82) is 0 Å². The SMILES string of the molecule is COCCCc1cc(C(=O)N2CC[C@@H]2C(=O)NOCc2ccccc2)cc(OC)c1OC. The number of aryl methyl sites for hydroxylation is 1. The molecule has 2 aromatic carbocycles. The number of hydrogen-bond acceptors (Lipinski definition) is 6. The van der Waals surface area contributed by atoms with Crippen LogP contribution < -0.4 is 15.0 Å². The lowest BCUT2D eigenvalue weighted by Crippen LogP contribution is -2.58. The molecule has 1 fully saturated rings. The van der Waals surface area contributed by atoms with Crippen LogP contribution in [0, 0.1) is 0 Å². The van der Waals surface area contributed by atoms with E-state index in [9.17, 15) is 9.59 Å². The molecule has 1 N–H and O–H groups in total. The molecule has 8 heteroatoms. The van der Waals surface area contributed by atoms with Gasteiger partial charge in [0, 0.05) is 25.8 Å². The van der Waals surface area contributed by atoms with Gasteiger partial charge >= 0.3 is 0 Å². The Kier molecular flexibility index (Phi) is 8.47. The number of nitrogens with one attached hydrogen (secondary N) is 1. The Morgan fingerprint density at radius 3 is 2.50 bits per heavy atom. The predicted octanol–water partition coefficient (Wildman–Crippen LogP) is 2.75. The Morgan fingerprint density at radius 2 is 1.88 bits per heavy atom. The van der Waals surface area contributed by atoms with Crippen LogP contribution in [0.3, 0.4) is 0 Å². The number of amides is 2. The molecule has 1 saturated heterocycles. The zero-order valence-corrected chi connectivity index (χ0v) is 18.8. The maximum absolute atomic E-state index is 13.2. The second kappa shape index (κ2) is 11.5. The smallest absolute Gasteiger partial charge is 0.266 e. The fourth-order valence-corrected chi connectivity index (χ4v) is 3.66. The lowest BCUT2D eigenvalue weighted by Gasteiger charge is -2.39. The zero-order chi connectivity index (χ0) is 22.9. The quantitative estimate of drug-likeness (QED) is 0.425. The van der Waals surface area contributed by atoms with E-state index in [2.05, 4.69) is 5.48 Å². The molecule has 1 atom stereocenters. The van der Waals surface area contributed by atoms with Gasteiger partial charge in [-0.05, 0) is 42.5 Å². The average Bonchev–Trinajstić information content (AvgIpc) is 2.78. The molecule has 2 aromatic rings. The number of rotatable bonds is 11. The minimum atomic E-state index is -0.566. The Hall–Kier alpha value is -3.10. The van der Waals surface area contributed by atoms with E-state index in [1.54, 1.807) is 31.3 Å². The number of hydroxylamine groups is 1. The maximum atomic E-state index is 13.2. The lowest BCUT2D eigenvalue weighted by atomic mass is 9.98. The molecule has 0 bridgehead atoms. The molecule has 0 unspecified atom stereocenters. The van der Waals surface area contributed by atoms with Gasteiger partial charge in [-0.1, -0.05) is 30.3 Å². The van der Waals surface area contributed by atoms with E-state index < -0.39 is 6.04 Å². The van der Waals surface area contributed by atoms with E-state index in [0.717, 1.165) is 17.5 Å². The fraction of sp³-hybridized carbons (Fsp3) is 0.417. The van der Waals surface area contributed by atoms with Gasteiger partial charge in [-0.25, -0.2) is 5.48 Å². The Labute approximate surface area is 188 Å². The van der Waals surface area contributed by atoms with Crippen LogP contribution in [0.1, 0.15) is 34.3 Å². The Morgan fingerprint density at radius 1 is 1.09 bits per heavy atom. The highest BCUT2D eigenvalue weighted by molar-refractivity contribution is 5.99. The Balaban J connectivity index is 1.66. The highest BCUT2D eigenvalue weighted by atomic mass is 16.7. The molecule has 8 nitrogen and oxygen atoms in total. The standard InChI is InChI=1S/C24H30N2O6/c1-29-13-7-10-18-14-19(15-21(30-2)22(18)31-3)24(28)26-12-11-20(26)23(27)25-32-16-17-8-5-4-6-9-17/h4-6,8-9,14-15,20H,7,10-13,16H2,1-3H3,(H,25,27)/t20-/m1/s1. The van der Waals surface area contributed by atoms with Crippen molar-refractivity contribution in [3.63, 3.8) is 0 Å². The summed E-state index contributed by atoms with van der Waals surface area (Å²) in [6.45, 7) is 1.36. The number of ether oxygens (including phenoxy) is 3. The van der Waals surface area contributed by atoms with Crippen LogP contribution in [0.25, 0.3) is 0 Å². The molecule has 0 spiro atoms. The number of carbonyl (C=O) groups excluding carboxylic acids is 2. The van der Waals surface area contributed by atoms with Gasteiger partial charge in [0.2, 0.25) is 0 Å². The molecule has 32 heavy (non-hydrogen) atoms. The summed E-state index contributed by atoms with van der Waals surface area (Å²) in [7, 11) is 4.76. The van der Waals surface area contributed by atoms with Crippen LogP contribution >= 0.6 is 0 Å². The first-order chi connectivity index (χ1) is 15.6. The summed E-state index contributed by atoms with van der Waals surface area (Å²) in [6, 6.07) is 12.4. The molecule has 172 valence electrons. The first-order valence-corrected chi connectivity index (χ1v) is 10.6. The predicted molar refractivity (Wildman–Crippen MR) is 119 cm³/mol. The largest absolute Gasteiger partial charge is 0.493 e. The van der Waals surface area contributed by atoms with Crippen LogP contribution in [-0.4, -0.2) is 57.2 Å². The number of hydrogen-bond donors (Lipinski definition) is 1. The van der Waals surface area contributed by atoms with Crippen molar-refractivity contribution in [2.75, 3.05) is 34.5 Å². The van der Waals surface area contributed by atoms with E-state index in [1.807, 2.05) is 30.3 Å². The minimum Gasteiger partial charge on any atom is -0.493 e. The van der Waals surface area contributed by atoms with Gasteiger partial charge < -0.3 is 19.1 Å². The van der Waals surface area contributed by atoms with E-state index >= 15 is 0 Å². The first kappa shape index (κ1) is 23.6. The second-order valence-electron chi connectivity index (χ2n) is 7.51. The average molecular weight is 443 g/mol. The molecule has 1 aliphatic heterocycles. The zero-order valence-electron chi connectivity index (χ0n) is 18.8. The van der Waals surface area contributed by atoms with Crippen LogP contribution in [0.15, 0.2) is 42.5 Å². The van der Waals surface area contributed by atoms with Gasteiger partial charge in [0.05, 0.1) is 20.8 Å². The van der Waals surface area contributed by atoms with E-state index in [4.69, 9.17) is 19.0 Å². The van der Waals surface area contributed by atoms with Gasteiger partial charge in [0.25, 0.3) is 11.8 Å². The van der Waals surface area contributed by atoms with Crippen molar-refractivity contribution in [3.8, 4) is 11.5 Å². The van der Waals surface area contributed by atoms with Crippen LogP contribution in [0.5, 0.6) is 11.5 Å². The fourth-order valence-electron chi connectivity index (χ4n) is 3.66. The van der Waals surface area contributed by atoms with E-state index in [1.165, 1.54) is 7.11 Å². The van der Waals surface area contributed by atoms with Crippen LogP contribution in [0.2, 0.25) is 0 Å². The van der Waals surface area contributed by atoms with Gasteiger partial charge in [-0.15, -0.1) is 0 Å². The van der Waals surface area contributed by atoms with E-state index in [0.29, 0.717) is 43.1 Å². The third-order valence-electron chi connectivity index (χ3n) is 5.43. The highest BCUT2D eigenvalue weighted by Crippen LogP contribution is 2.34. The highest BCUT2D eigenvalue weighted by Gasteiger charge is 2.38. The summed E-state index contributed by atoms with van der Waals surface area (Å²) < 4.78 is 16.1. The van der Waals surface area contributed by atoms with E-state index in [-0.39, 0.29) is 18.4 Å². The van der Waals surface area contributed by atoms with Crippen molar-refractivity contribution in [1.82, 2.24) is 10.4 Å². The lowest BCUT2D eigenvalue weighted by molar-refractivity contribution is -0.143. The first-order valence-electron chi connectivity index (χ1n) is 10.6. The van der Waals surface area contributed by atoms with Crippen molar-refractivity contribution in [2.45, 2.75) is 31.9 Å². The van der Waals surface area contributed by atoms with Crippen LogP contribution in [0.4, 0.5) is 0 Å². The molecule has 1 heterocycles. The van der Waals surface area contributed by atoms with Gasteiger partial charge in [0.15, 0.2) is 11.5 Å². The summed E-state index contributed by atoms with van der Waals surface area (Å²) in [5.74, 6) is 0.528. The van der Waals surface area contributed by atoms with Crippen molar-refractivity contribution in [3.05, 3.63) is 59.2 Å². The maximum Gasteiger partial charge on any atom is 0.266 e. The topological polar surface area (TPSA) is 86.3 Å². The number of carbonyl (C=O) groups is 2. The monoisotopic (exact) mass is 442 g/mol. The molecule has 1 aliphatic rings. The van der Waals surface area contributed by atoms with Crippen molar-refractivity contribution < 1.29 is 28.6 Å². The molecule has 3 rings (SSSR count). The molecular formula is C24H30N2O6. The number of methoxy groups -OCH3 is 3. The summed E-state index contributed by atoms with van der Waals surface area (Å²) in [6.07, 6.45) is 2.03. The third-order valence-corrected chi connectivity index (χ3v) is 5.43. The number of likely N-dealkylation sites (tertiary alicyclic amines) is 1. The molecule has 0 aliphatic carbocycles. The Bertz CT molecular complexity index is 918. The number of nitrogens with zero attached hydrogens (tertiary/aromatic N) is 1.